The zero-order valence-corrected chi connectivity index (χ0v) is 14.4. The first-order chi connectivity index (χ1) is 11.8. The lowest BCUT2D eigenvalue weighted by Crippen LogP contribution is -2.25. The molecule has 6 heteroatoms. The van der Waals surface area contributed by atoms with Crippen LogP contribution in [0.3, 0.4) is 0 Å². The number of benzene rings is 1. The minimum Gasteiger partial charge on any atom is -0.361 e. The van der Waals surface area contributed by atoms with E-state index in [4.69, 9.17) is 0 Å². The molecule has 4 rings (SSSR count). The number of para-hydroxylation sites is 1. The van der Waals surface area contributed by atoms with Crippen molar-refractivity contribution in [3.8, 4) is 10.6 Å². The second-order valence-electron chi connectivity index (χ2n) is 5.42. The fourth-order valence-corrected chi connectivity index (χ4v) is 4.15. The van der Waals surface area contributed by atoms with Gasteiger partial charge in [0.05, 0.1) is 0 Å². The molecule has 3 aromatic heterocycles. The molecule has 0 saturated carbocycles. The molecular weight excluding hydrogens is 338 g/mol. The molecule has 1 amide bonds. The molecule has 0 aliphatic rings. The summed E-state index contributed by atoms with van der Waals surface area (Å²) in [7, 11) is 0. The molecule has 0 aliphatic heterocycles. The topological polar surface area (TPSA) is 57.8 Å². The molecule has 120 valence electrons. The molecule has 0 atom stereocenters. The van der Waals surface area contributed by atoms with Crippen LogP contribution in [0.15, 0.2) is 52.7 Å². The second-order valence-corrected chi connectivity index (χ2v) is 7.05. The fourth-order valence-electron chi connectivity index (χ4n) is 2.64. The lowest BCUT2D eigenvalue weighted by Gasteiger charge is -2.02. The van der Waals surface area contributed by atoms with Gasteiger partial charge in [0.15, 0.2) is 0 Å². The predicted molar refractivity (Wildman–Crippen MR) is 99.8 cm³/mol. The van der Waals surface area contributed by atoms with Crippen molar-refractivity contribution in [2.75, 3.05) is 6.54 Å². The van der Waals surface area contributed by atoms with E-state index in [1.165, 1.54) is 22.3 Å². The van der Waals surface area contributed by atoms with Gasteiger partial charge in [-0.3, -0.25) is 4.79 Å². The van der Waals surface area contributed by atoms with Gasteiger partial charge >= 0.3 is 0 Å². The van der Waals surface area contributed by atoms with Gasteiger partial charge in [0.1, 0.15) is 10.7 Å². The van der Waals surface area contributed by atoms with E-state index >= 15 is 0 Å². The Labute approximate surface area is 147 Å². The zero-order valence-electron chi connectivity index (χ0n) is 12.8. The molecule has 4 nitrogen and oxygen atoms in total. The number of carbonyl (C=O) groups is 1. The van der Waals surface area contributed by atoms with Crippen LogP contribution in [0.25, 0.3) is 21.5 Å². The highest BCUT2D eigenvalue weighted by Gasteiger charge is 2.12. The minimum absolute atomic E-state index is 0.118. The van der Waals surface area contributed by atoms with Crippen molar-refractivity contribution in [2.45, 2.75) is 6.42 Å². The van der Waals surface area contributed by atoms with E-state index in [-0.39, 0.29) is 5.91 Å². The van der Waals surface area contributed by atoms with E-state index in [1.807, 2.05) is 40.5 Å². The molecule has 1 aromatic carbocycles. The summed E-state index contributed by atoms with van der Waals surface area (Å²) in [4.78, 5) is 19.9. The van der Waals surface area contributed by atoms with Crippen LogP contribution in [0.2, 0.25) is 0 Å². The van der Waals surface area contributed by atoms with Crippen LogP contribution < -0.4 is 5.32 Å². The molecule has 4 aromatic rings. The third kappa shape index (κ3) is 2.98. The number of hydrogen-bond donors (Lipinski definition) is 2. The number of nitrogens with one attached hydrogen (secondary N) is 2. The largest absolute Gasteiger partial charge is 0.361 e. The van der Waals surface area contributed by atoms with Crippen LogP contribution in [-0.4, -0.2) is 22.4 Å². The smallest absolute Gasteiger partial charge is 0.270 e. The highest BCUT2D eigenvalue weighted by molar-refractivity contribution is 7.14. The Bertz CT molecular complexity index is 969. The Hall–Kier alpha value is -2.44. The number of H-pyrrole nitrogens is 1. The number of thiophene rings is 1. The molecule has 0 radical (unpaired) electrons. The highest BCUT2D eigenvalue weighted by atomic mass is 32.1. The van der Waals surface area contributed by atoms with Crippen molar-refractivity contribution in [2.24, 2.45) is 0 Å². The number of aromatic nitrogens is 2. The summed E-state index contributed by atoms with van der Waals surface area (Å²) in [6, 6.07) is 10.2. The molecule has 0 unspecified atom stereocenters. The SMILES string of the molecule is O=C(NCCc1c[nH]c2ccccc12)c1csc(-c2ccsc2)n1. The summed E-state index contributed by atoms with van der Waals surface area (Å²) in [6.07, 6.45) is 2.80. The molecular formula is C18H15N3OS2. The first-order valence-electron chi connectivity index (χ1n) is 7.62. The quantitative estimate of drug-likeness (QED) is 0.561. The second kappa shape index (κ2) is 6.59. The number of hydrogen-bond acceptors (Lipinski definition) is 4. The van der Waals surface area contributed by atoms with Gasteiger partial charge in [-0.05, 0) is 29.5 Å². The van der Waals surface area contributed by atoms with Crippen molar-refractivity contribution >= 4 is 39.5 Å². The normalized spacial score (nSPS) is 11.0. The van der Waals surface area contributed by atoms with Gasteiger partial charge in [-0.25, -0.2) is 4.98 Å². The van der Waals surface area contributed by atoms with E-state index < -0.39 is 0 Å². The molecule has 0 aliphatic carbocycles. The van der Waals surface area contributed by atoms with E-state index in [9.17, 15) is 4.79 Å². The van der Waals surface area contributed by atoms with Crippen LogP contribution in [0.1, 0.15) is 16.1 Å². The monoisotopic (exact) mass is 353 g/mol. The molecule has 0 fully saturated rings. The summed E-state index contributed by atoms with van der Waals surface area (Å²) in [6.45, 7) is 0.589. The summed E-state index contributed by atoms with van der Waals surface area (Å²) >= 11 is 3.13. The van der Waals surface area contributed by atoms with Crippen molar-refractivity contribution in [1.29, 1.82) is 0 Å². The van der Waals surface area contributed by atoms with Gasteiger partial charge in [0.2, 0.25) is 0 Å². The van der Waals surface area contributed by atoms with E-state index in [0.29, 0.717) is 12.2 Å². The number of nitrogens with zero attached hydrogens (tertiary/aromatic N) is 1. The van der Waals surface area contributed by atoms with Crippen LogP contribution in [0.4, 0.5) is 0 Å². The Morgan fingerprint density at radius 2 is 2.12 bits per heavy atom. The van der Waals surface area contributed by atoms with Crippen LogP contribution in [0, 0.1) is 0 Å². The molecule has 24 heavy (non-hydrogen) atoms. The van der Waals surface area contributed by atoms with Gasteiger partial charge in [-0.15, -0.1) is 11.3 Å². The van der Waals surface area contributed by atoms with Crippen LogP contribution in [0.5, 0.6) is 0 Å². The van der Waals surface area contributed by atoms with Crippen molar-refractivity contribution in [3.63, 3.8) is 0 Å². The summed E-state index contributed by atoms with van der Waals surface area (Å²) in [5, 5.41) is 10.9. The maximum atomic E-state index is 12.2. The average Bonchev–Trinajstić information content (AvgIpc) is 3.35. The number of carbonyl (C=O) groups excluding carboxylic acids is 1. The Kier molecular flexibility index (Phi) is 4.15. The van der Waals surface area contributed by atoms with Crippen LogP contribution in [-0.2, 0) is 6.42 Å². The minimum atomic E-state index is -0.118. The number of thiazole rings is 1. The van der Waals surface area contributed by atoms with Crippen LogP contribution >= 0.6 is 22.7 Å². The van der Waals surface area contributed by atoms with Gasteiger partial charge < -0.3 is 10.3 Å². The van der Waals surface area contributed by atoms with Crippen molar-refractivity contribution in [1.82, 2.24) is 15.3 Å². The maximum absolute atomic E-state index is 12.2. The van der Waals surface area contributed by atoms with Crippen molar-refractivity contribution < 1.29 is 4.79 Å². The predicted octanol–water partition coefficient (Wildman–Crippen LogP) is 4.33. The molecule has 3 heterocycles. The summed E-state index contributed by atoms with van der Waals surface area (Å²) in [5.41, 5.74) is 3.89. The van der Waals surface area contributed by atoms with Gasteiger partial charge in [-0.2, -0.15) is 11.3 Å². The zero-order chi connectivity index (χ0) is 16.4. The van der Waals surface area contributed by atoms with E-state index in [1.54, 1.807) is 11.3 Å². The summed E-state index contributed by atoms with van der Waals surface area (Å²) < 4.78 is 0. The highest BCUT2D eigenvalue weighted by Crippen LogP contribution is 2.25. The van der Waals surface area contributed by atoms with Crippen molar-refractivity contribution in [3.05, 3.63) is 63.9 Å². The number of aromatic amines is 1. The number of amides is 1. The molecule has 0 spiro atoms. The standard InChI is InChI=1S/C18H15N3OS2/c22-17(16-11-24-18(21-16)13-6-8-23-10-13)19-7-5-12-9-20-15-4-2-1-3-14(12)15/h1-4,6,8-11,20H,5,7H2,(H,19,22). The average molecular weight is 353 g/mol. The Morgan fingerprint density at radius 1 is 1.21 bits per heavy atom. The maximum Gasteiger partial charge on any atom is 0.270 e. The third-order valence-electron chi connectivity index (χ3n) is 3.86. The Morgan fingerprint density at radius 3 is 3.00 bits per heavy atom. The fraction of sp³-hybridized carbons (Fsp3) is 0.111. The Balaban J connectivity index is 1.38. The first kappa shape index (κ1) is 15.1. The number of fused-ring (bicyclic) bond motifs is 1. The van der Waals surface area contributed by atoms with Gasteiger partial charge in [0.25, 0.3) is 5.91 Å². The summed E-state index contributed by atoms with van der Waals surface area (Å²) in [5.74, 6) is -0.118. The van der Waals surface area contributed by atoms with E-state index in [2.05, 4.69) is 27.4 Å². The lowest BCUT2D eigenvalue weighted by molar-refractivity contribution is 0.0950. The molecule has 2 N–H and O–H groups in total. The lowest BCUT2D eigenvalue weighted by atomic mass is 10.1. The third-order valence-corrected chi connectivity index (χ3v) is 5.43. The molecule has 0 bridgehead atoms. The number of rotatable bonds is 5. The van der Waals surface area contributed by atoms with E-state index in [0.717, 1.165) is 22.5 Å². The van der Waals surface area contributed by atoms with Gasteiger partial charge in [0, 0.05) is 40.0 Å². The van der Waals surface area contributed by atoms with Gasteiger partial charge in [-0.1, -0.05) is 18.2 Å². The molecule has 0 saturated heterocycles. The first-order valence-corrected chi connectivity index (χ1v) is 9.45.